The molecule has 1 amide bonds. The second-order valence-electron chi connectivity index (χ2n) is 6.90. The van der Waals surface area contributed by atoms with Crippen molar-refractivity contribution in [1.29, 1.82) is 0 Å². The molecule has 1 atom stereocenters. The van der Waals surface area contributed by atoms with E-state index in [4.69, 9.17) is 9.47 Å². The molecule has 0 aliphatic rings. The van der Waals surface area contributed by atoms with Crippen molar-refractivity contribution in [3.63, 3.8) is 0 Å². The molecule has 158 valence electrons. The van der Waals surface area contributed by atoms with Gasteiger partial charge in [0, 0.05) is 14.1 Å². The number of amides is 1. The van der Waals surface area contributed by atoms with E-state index in [9.17, 15) is 13.2 Å². The lowest BCUT2D eigenvalue weighted by atomic mass is 10.1. The molecule has 2 aromatic carbocycles. The monoisotopic (exact) mass is 420 g/mol. The Hall–Kier alpha value is -2.58. The van der Waals surface area contributed by atoms with Gasteiger partial charge in [0.25, 0.3) is 5.91 Å². The molecular formula is C21H28N2O5S. The van der Waals surface area contributed by atoms with E-state index in [1.807, 2.05) is 32.0 Å². The van der Waals surface area contributed by atoms with Gasteiger partial charge in [-0.05, 0) is 68.3 Å². The summed E-state index contributed by atoms with van der Waals surface area (Å²) in [6.45, 7) is 6.26. The van der Waals surface area contributed by atoms with Crippen molar-refractivity contribution >= 4 is 15.9 Å². The molecule has 1 unspecified atom stereocenters. The lowest BCUT2D eigenvalue weighted by Gasteiger charge is -2.16. The second-order valence-corrected chi connectivity index (χ2v) is 9.06. The molecule has 0 aromatic heterocycles. The highest BCUT2D eigenvalue weighted by molar-refractivity contribution is 7.89. The maximum Gasteiger partial charge on any atom is 0.260 e. The van der Waals surface area contributed by atoms with Gasteiger partial charge in [-0.1, -0.05) is 6.07 Å². The molecule has 0 radical (unpaired) electrons. The Balaban J connectivity index is 1.78. The molecule has 0 aliphatic heterocycles. The van der Waals surface area contributed by atoms with Gasteiger partial charge in [-0.3, -0.25) is 4.79 Å². The molecule has 2 rings (SSSR count). The predicted octanol–water partition coefficient (Wildman–Crippen LogP) is 2.52. The van der Waals surface area contributed by atoms with Gasteiger partial charge in [0.2, 0.25) is 10.0 Å². The number of ether oxygens (including phenoxy) is 2. The quantitative estimate of drug-likeness (QED) is 0.630. The van der Waals surface area contributed by atoms with Crippen molar-refractivity contribution in [3.8, 4) is 11.5 Å². The molecule has 0 heterocycles. The van der Waals surface area contributed by atoms with Crippen LogP contribution in [-0.4, -0.2) is 52.0 Å². The van der Waals surface area contributed by atoms with Crippen LogP contribution in [0.15, 0.2) is 47.4 Å². The minimum Gasteiger partial charge on any atom is -0.492 e. The Bertz CT molecular complexity index is 940. The van der Waals surface area contributed by atoms with Gasteiger partial charge < -0.3 is 14.8 Å². The number of sulfonamides is 1. The Morgan fingerprint density at radius 3 is 2.24 bits per heavy atom. The van der Waals surface area contributed by atoms with Crippen LogP contribution in [0.1, 0.15) is 18.1 Å². The largest absolute Gasteiger partial charge is 0.492 e. The van der Waals surface area contributed by atoms with Crippen molar-refractivity contribution in [2.24, 2.45) is 0 Å². The number of hydrogen-bond acceptors (Lipinski definition) is 5. The molecule has 8 heteroatoms. The third-order valence-electron chi connectivity index (χ3n) is 4.43. The topological polar surface area (TPSA) is 84.9 Å². The minimum atomic E-state index is -3.46. The predicted molar refractivity (Wildman–Crippen MR) is 112 cm³/mol. The zero-order valence-corrected chi connectivity index (χ0v) is 18.2. The number of hydrogen-bond donors (Lipinski definition) is 1. The van der Waals surface area contributed by atoms with Gasteiger partial charge >= 0.3 is 0 Å². The standard InChI is InChI=1S/C21H28N2O5S/c1-15-6-7-19(14-16(15)2)28-17(3)21(24)22-12-13-27-18-8-10-20(11-9-18)29(25,26)23(4)5/h6-11,14,17H,12-13H2,1-5H3,(H,22,24). The smallest absolute Gasteiger partial charge is 0.260 e. The van der Waals surface area contributed by atoms with Crippen LogP contribution in [0.3, 0.4) is 0 Å². The van der Waals surface area contributed by atoms with Crippen molar-refractivity contribution in [2.75, 3.05) is 27.2 Å². The number of nitrogens with zero attached hydrogens (tertiary/aromatic N) is 1. The normalized spacial score (nSPS) is 12.5. The van der Waals surface area contributed by atoms with E-state index in [1.165, 1.54) is 31.8 Å². The molecule has 1 N–H and O–H groups in total. The Morgan fingerprint density at radius 1 is 1.03 bits per heavy atom. The summed E-state index contributed by atoms with van der Waals surface area (Å²) < 4.78 is 36.4. The first-order chi connectivity index (χ1) is 13.6. The van der Waals surface area contributed by atoms with Crippen LogP contribution in [0, 0.1) is 13.8 Å². The summed E-state index contributed by atoms with van der Waals surface area (Å²) in [6.07, 6.45) is -0.632. The fraction of sp³-hybridized carbons (Fsp3) is 0.381. The second kappa shape index (κ2) is 9.76. The number of nitrogens with one attached hydrogen (secondary N) is 1. The van der Waals surface area contributed by atoms with E-state index in [2.05, 4.69) is 5.32 Å². The van der Waals surface area contributed by atoms with Gasteiger partial charge in [-0.15, -0.1) is 0 Å². The van der Waals surface area contributed by atoms with Crippen LogP contribution in [0.5, 0.6) is 11.5 Å². The molecule has 0 aliphatic carbocycles. The number of aryl methyl sites for hydroxylation is 2. The molecule has 0 saturated carbocycles. The van der Waals surface area contributed by atoms with Gasteiger partial charge in [-0.25, -0.2) is 12.7 Å². The van der Waals surface area contributed by atoms with Gasteiger partial charge in [0.05, 0.1) is 11.4 Å². The zero-order chi connectivity index (χ0) is 21.6. The molecule has 2 aromatic rings. The number of benzene rings is 2. The summed E-state index contributed by atoms with van der Waals surface area (Å²) in [5.74, 6) is 0.940. The van der Waals surface area contributed by atoms with Gasteiger partial charge in [-0.2, -0.15) is 0 Å². The number of carbonyl (C=O) groups is 1. The first-order valence-corrected chi connectivity index (χ1v) is 10.7. The highest BCUT2D eigenvalue weighted by Gasteiger charge is 2.17. The first-order valence-electron chi connectivity index (χ1n) is 9.28. The summed E-state index contributed by atoms with van der Waals surface area (Å²) >= 11 is 0. The van der Waals surface area contributed by atoms with E-state index in [-0.39, 0.29) is 17.4 Å². The van der Waals surface area contributed by atoms with E-state index in [0.29, 0.717) is 18.0 Å². The lowest BCUT2D eigenvalue weighted by Crippen LogP contribution is -2.38. The molecule has 7 nitrogen and oxygen atoms in total. The molecular weight excluding hydrogens is 392 g/mol. The summed E-state index contributed by atoms with van der Waals surface area (Å²) in [5, 5.41) is 2.76. The van der Waals surface area contributed by atoms with Crippen LogP contribution in [0.2, 0.25) is 0 Å². The van der Waals surface area contributed by atoms with Gasteiger partial charge in [0.15, 0.2) is 6.10 Å². The van der Waals surface area contributed by atoms with Crippen LogP contribution in [0.25, 0.3) is 0 Å². The van der Waals surface area contributed by atoms with Gasteiger partial charge in [0.1, 0.15) is 18.1 Å². The maximum absolute atomic E-state index is 12.2. The molecule has 0 bridgehead atoms. The lowest BCUT2D eigenvalue weighted by molar-refractivity contribution is -0.127. The van der Waals surface area contributed by atoms with E-state index >= 15 is 0 Å². The number of rotatable bonds is 9. The van der Waals surface area contributed by atoms with Crippen molar-refractivity contribution in [1.82, 2.24) is 9.62 Å². The summed E-state index contributed by atoms with van der Waals surface area (Å²) in [7, 11) is -0.505. The molecule has 0 saturated heterocycles. The SMILES string of the molecule is Cc1ccc(OC(C)C(=O)NCCOc2ccc(S(=O)(=O)N(C)C)cc2)cc1C. The Labute approximate surface area is 172 Å². The van der Waals surface area contributed by atoms with Crippen LogP contribution >= 0.6 is 0 Å². The average Bonchev–Trinajstić information content (AvgIpc) is 2.68. The fourth-order valence-electron chi connectivity index (χ4n) is 2.45. The van der Waals surface area contributed by atoms with Crippen molar-refractivity contribution < 1.29 is 22.7 Å². The van der Waals surface area contributed by atoms with E-state index in [1.54, 1.807) is 19.1 Å². The van der Waals surface area contributed by atoms with E-state index < -0.39 is 16.1 Å². The highest BCUT2D eigenvalue weighted by atomic mass is 32.2. The summed E-state index contributed by atoms with van der Waals surface area (Å²) in [4.78, 5) is 12.4. The summed E-state index contributed by atoms with van der Waals surface area (Å²) in [6, 6.07) is 11.9. The third-order valence-corrected chi connectivity index (χ3v) is 6.26. The Morgan fingerprint density at radius 2 is 1.66 bits per heavy atom. The summed E-state index contributed by atoms with van der Waals surface area (Å²) in [5.41, 5.74) is 2.27. The van der Waals surface area contributed by atoms with Crippen LogP contribution in [0.4, 0.5) is 0 Å². The molecule has 0 spiro atoms. The number of carbonyl (C=O) groups excluding carboxylic acids is 1. The molecule has 29 heavy (non-hydrogen) atoms. The van der Waals surface area contributed by atoms with Crippen molar-refractivity contribution in [3.05, 3.63) is 53.6 Å². The van der Waals surface area contributed by atoms with E-state index in [0.717, 1.165) is 9.87 Å². The average molecular weight is 421 g/mol. The third kappa shape index (κ3) is 6.20. The zero-order valence-electron chi connectivity index (χ0n) is 17.4. The molecule has 0 fully saturated rings. The van der Waals surface area contributed by atoms with Crippen LogP contribution < -0.4 is 14.8 Å². The Kier molecular flexibility index (Phi) is 7.64. The highest BCUT2D eigenvalue weighted by Crippen LogP contribution is 2.19. The van der Waals surface area contributed by atoms with Crippen molar-refractivity contribution in [2.45, 2.75) is 31.8 Å². The first kappa shape index (κ1) is 22.7. The fourth-order valence-corrected chi connectivity index (χ4v) is 3.35. The minimum absolute atomic E-state index is 0.195. The maximum atomic E-state index is 12.2. The van der Waals surface area contributed by atoms with Crippen LogP contribution in [-0.2, 0) is 14.8 Å².